The van der Waals surface area contributed by atoms with Gasteiger partial charge in [-0.1, -0.05) is 30.3 Å². The van der Waals surface area contributed by atoms with Crippen LogP contribution in [-0.4, -0.2) is 65.0 Å². The summed E-state index contributed by atoms with van der Waals surface area (Å²) in [6, 6.07) is 9.51. The van der Waals surface area contributed by atoms with Gasteiger partial charge in [0, 0.05) is 39.1 Å². The Kier molecular flexibility index (Phi) is 6.01. The van der Waals surface area contributed by atoms with Crippen molar-refractivity contribution in [3.63, 3.8) is 0 Å². The topological polar surface area (TPSA) is 72.9 Å². The second-order valence-corrected chi connectivity index (χ2v) is 11.0. The molecular weight excluding hydrogens is 402 g/mol. The fraction of sp³-hybridized carbons (Fsp3) is 0.692. The van der Waals surface area contributed by atoms with Crippen LogP contribution < -0.4 is 5.32 Å². The molecule has 6 rings (SSSR count). The highest BCUT2D eigenvalue weighted by atomic mass is 16.3. The second kappa shape index (κ2) is 8.79. The standard InChI is InChI=1S/C26H37N3O3/c1-18(30)24(27-23(31)16-26-13-20-11-21(14-26)22(12-20)15-26)25(32)29-9-7-28(8-10-29)17-19-5-3-2-4-6-19/h2-6,18,20-22,24,30H,7-17H2,1H3,(H,27,31)/t18-,20?,21?,22?,24-,26?/m1/s1. The van der Waals surface area contributed by atoms with Crippen LogP contribution in [0.1, 0.15) is 51.0 Å². The summed E-state index contributed by atoms with van der Waals surface area (Å²) in [5.74, 6) is 2.24. The fourth-order valence-electron chi connectivity index (χ4n) is 7.31. The van der Waals surface area contributed by atoms with E-state index in [0.29, 0.717) is 19.5 Å². The van der Waals surface area contributed by atoms with Crippen LogP contribution in [0.25, 0.3) is 0 Å². The van der Waals surface area contributed by atoms with Gasteiger partial charge in [-0.2, -0.15) is 0 Å². The molecule has 4 saturated carbocycles. The number of aliphatic hydroxyl groups is 1. The summed E-state index contributed by atoms with van der Waals surface area (Å²) in [4.78, 5) is 30.3. The van der Waals surface area contributed by atoms with Gasteiger partial charge >= 0.3 is 0 Å². The van der Waals surface area contributed by atoms with E-state index in [1.165, 1.54) is 37.7 Å². The maximum Gasteiger partial charge on any atom is 0.247 e. The van der Waals surface area contributed by atoms with Gasteiger partial charge in [0.05, 0.1) is 6.10 Å². The number of carbonyl (C=O) groups excluding carboxylic acids is 2. The van der Waals surface area contributed by atoms with Crippen molar-refractivity contribution in [3.05, 3.63) is 35.9 Å². The zero-order valence-corrected chi connectivity index (χ0v) is 19.2. The third-order valence-corrected chi connectivity index (χ3v) is 8.58. The quantitative estimate of drug-likeness (QED) is 0.684. The zero-order chi connectivity index (χ0) is 22.3. The van der Waals surface area contributed by atoms with Gasteiger partial charge in [0.15, 0.2) is 0 Å². The summed E-state index contributed by atoms with van der Waals surface area (Å²) < 4.78 is 0. The Morgan fingerprint density at radius 1 is 1.06 bits per heavy atom. The summed E-state index contributed by atoms with van der Waals surface area (Å²) in [5, 5.41) is 13.2. The lowest BCUT2D eigenvalue weighted by molar-refractivity contribution is -0.141. The van der Waals surface area contributed by atoms with Crippen LogP contribution >= 0.6 is 0 Å². The summed E-state index contributed by atoms with van der Waals surface area (Å²) in [5.41, 5.74) is 1.42. The average Bonchev–Trinajstić information content (AvgIpc) is 3.18. The molecule has 2 N–H and O–H groups in total. The lowest BCUT2D eigenvalue weighted by Gasteiger charge is -2.39. The van der Waals surface area contributed by atoms with Gasteiger partial charge in [-0.25, -0.2) is 0 Å². The Labute approximate surface area is 191 Å². The van der Waals surface area contributed by atoms with Crippen LogP contribution in [0.4, 0.5) is 0 Å². The first-order chi connectivity index (χ1) is 15.4. The molecule has 5 fully saturated rings. The molecule has 1 aliphatic heterocycles. The maximum absolute atomic E-state index is 13.2. The number of benzene rings is 1. The normalized spacial score (nSPS) is 33.3. The van der Waals surface area contributed by atoms with Crippen molar-refractivity contribution in [2.45, 2.75) is 64.1 Å². The van der Waals surface area contributed by atoms with Gasteiger partial charge in [0.1, 0.15) is 6.04 Å². The Balaban J connectivity index is 1.14. The predicted octanol–water partition coefficient (Wildman–Crippen LogP) is 2.41. The SMILES string of the molecule is C[C@@H](O)[C@@H](NC(=O)CC12CC3CC(C1)C(C3)C2)C(=O)N1CCN(Cc2ccccc2)CC1. The zero-order valence-electron chi connectivity index (χ0n) is 19.2. The van der Waals surface area contributed by atoms with E-state index in [1.807, 2.05) is 18.2 Å². The minimum Gasteiger partial charge on any atom is -0.391 e. The number of nitrogens with one attached hydrogen (secondary N) is 1. The lowest BCUT2D eigenvalue weighted by Crippen LogP contribution is -2.58. The molecule has 2 amide bonds. The lowest BCUT2D eigenvalue weighted by atomic mass is 9.67. The molecule has 0 radical (unpaired) electrons. The van der Waals surface area contributed by atoms with Crippen molar-refractivity contribution in [1.29, 1.82) is 0 Å². The molecule has 1 heterocycles. The molecular formula is C26H37N3O3. The van der Waals surface area contributed by atoms with E-state index in [4.69, 9.17) is 0 Å². The van der Waals surface area contributed by atoms with Crippen LogP contribution in [0, 0.1) is 23.2 Å². The third-order valence-electron chi connectivity index (χ3n) is 8.58. The highest BCUT2D eigenvalue weighted by Crippen LogP contribution is 2.65. The molecule has 32 heavy (non-hydrogen) atoms. The molecule has 1 aromatic carbocycles. The van der Waals surface area contributed by atoms with Gasteiger partial charge in [0.2, 0.25) is 11.8 Å². The summed E-state index contributed by atoms with van der Waals surface area (Å²) in [6.07, 6.45) is 5.86. The van der Waals surface area contributed by atoms with Crippen molar-refractivity contribution >= 4 is 11.8 Å². The van der Waals surface area contributed by atoms with E-state index < -0.39 is 12.1 Å². The molecule has 1 saturated heterocycles. The van der Waals surface area contributed by atoms with Crippen LogP contribution in [0.3, 0.4) is 0 Å². The van der Waals surface area contributed by atoms with Crippen LogP contribution in [0.15, 0.2) is 30.3 Å². The van der Waals surface area contributed by atoms with E-state index in [-0.39, 0.29) is 17.2 Å². The van der Waals surface area contributed by atoms with Gasteiger partial charge in [-0.3, -0.25) is 14.5 Å². The van der Waals surface area contributed by atoms with Crippen LogP contribution in [0.5, 0.6) is 0 Å². The predicted molar refractivity (Wildman–Crippen MR) is 123 cm³/mol. The third kappa shape index (κ3) is 4.44. The molecule has 6 nitrogen and oxygen atoms in total. The highest BCUT2D eigenvalue weighted by molar-refractivity contribution is 5.88. The Bertz CT molecular complexity index is 814. The van der Waals surface area contributed by atoms with Gasteiger partial charge in [-0.15, -0.1) is 0 Å². The number of carbonyl (C=O) groups is 2. The monoisotopic (exact) mass is 439 g/mol. The first kappa shape index (κ1) is 21.9. The molecule has 4 atom stereocenters. The first-order valence-corrected chi connectivity index (χ1v) is 12.4. The highest BCUT2D eigenvalue weighted by Gasteiger charge is 2.56. The summed E-state index contributed by atoms with van der Waals surface area (Å²) >= 11 is 0. The van der Waals surface area contributed by atoms with E-state index in [0.717, 1.165) is 37.4 Å². The number of amides is 2. The van der Waals surface area contributed by atoms with Gasteiger partial charge < -0.3 is 15.3 Å². The smallest absolute Gasteiger partial charge is 0.247 e. The number of hydrogen-bond acceptors (Lipinski definition) is 4. The van der Waals surface area contributed by atoms with E-state index in [1.54, 1.807) is 11.8 Å². The van der Waals surface area contributed by atoms with Crippen molar-refractivity contribution < 1.29 is 14.7 Å². The Morgan fingerprint density at radius 3 is 2.31 bits per heavy atom. The van der Waals surface area contributed by atoms with Crippen molar-refractivity contribution in [3.8, 4) is 0 Å². The van der Waals surface area contributed by atoms with Gasteiger partial charge in [0.25, 0.3) is 0 Å². The second-order valence-electron chi connectivity index (χ2n) is 11.0. The first-order valence-electron chi connectivity index (χ1n) is 12.4. The molecule has 4 aliphatic carbocycles. The number of rotatable bonds is 7. The maximum atomic E-state index is 13.2. The van der Waals surface area contributed by atoms with E-state index in [9.17, 15) is 14.7 Å². The Hall–Kier alpha value is -1.92. The number of hydrogen-bond donors (Lipinski definition) is 2. The van der Waals surface area contributed by atoms with E-state index >= 15 is 0 Å². The minimum atomic E-state index is -0.901. The van der Waals surface area contributed by atoms with Crippen LogP contribution in [0.2, 0.25) is 0 Å². The largest absolute Gasteiger partial charge is 0.391 e. The van der Waals surface area contributed by atoms with Crippen LogP contribution in [-0.2, 0) is 16.1 Å². The number of piperazine rings is 1. The summed E-state index contributed by atoms with van der Waals surface area (Å²) in [7, 11) is 0. The van der Waals surface area contributed by atoms with Crippen molar-refractivity contribution in [2.24, 2.45) is 23.2 Å². The molecule has 6 heteroatoms. The molecule has 0 aromatic heterocycles. The Morgan fingerprint density at radius 2 is 1.72 bits per heavy atom. The molecule has 174 valence electrons. The molecule has 4 bridgehead atoms. The molecule has 5 aliphatic rings. The number of nitrogens with zero attached hydrogens (tertiary/aromatic N) is 2. The average molecular weight is 440 g/mol. The molecule has 0 spiro atoms. The van der Waals surface area contributed by atoms with Crippen molar-refractivity contribution in [2.75, 3.05) is 26.2 Å². The van der Waals surface area contributed by atoms with Gasteiger partial charge in [-0.05, 0) is 67.8 Å². The van der Waals surface area contributed by atoms with E-state index in [2.05, 4.69) is 22.3 Å². The number of aliphatic hydroxyl groups excluding tert-OH is 1. The fourth-order valence-corrected chi connectivity index (χ4v) is 7.31. The minimum absolute atomic E-state index is 0.0612. The van der Waals surface area contributed by atoms with Crippen molar-refractivity contribution in [1.82, 2.24) is 15.1 Å². The molecule has 2 unspecified atom stereocenters. The summed E-state index contributed by atoms with van der Waals surface area (Å²) in [6.45, 7) is 5.33. The molecule has 1 aromatic rings.